The fraction of sp³-hybridized carbons (Fsp3) is 0.561. The lowest BCUT2D eigenvalue weighted by molar-refractivity contribution is -0.135. The zero-order valence-electron chi connectivity index (χ0n) is 32.2. The van der Waals surface area contributed by atoms with Gasteiger partial charge in [0.25, 0.3) is 0 Å². The van der Waals surface area contributed by atoms with Gasteiger partial charge in [-0.3, -0.25) is 14.4 Å². The molecule has 2 amide bonds. The fourth-order valence-corrected chi connectivity index (χ4v) is 8.85. The standard InChI is InChI=1S/C41H56N8O4S/c1-6-8-28-20-35(49-34(46-28)16-18-45-49)47-29-14-15-30(19-29)48-36(51)9-7-17-42-39(41(3,4)5)37(52)32-21-31(50)22-33(32)40(53)43-23-26-10-12-27(13-11-26)38-25(2)44-24-54-38/h10-13,16,18,20,24,29-33,39,42,47,50H,6-9,14-15,17,19,21-23H2,1-5H3,(H,43,53)(H,48,51)/t29-,30?,31+,32?,33-,39-/m1/s1. The highest BCUT2D eigenvalue weighted by Gasteiger charge is 2.46. The normalized spacial score (nSPS) is 22.0. The number of hydrogen-bond donors (Lipinski definition) is 5. The lowest BCUT2D eigenvalue weighted by Gasteiger charge is -2.33. The molecule has 2 aliphatic carbocycles. The van der Waals surface area contributed by atoms with E-state index in [-0.39, 0.29) is 42.5 Å². The number of carbonyl (C=O) groups excluding carboxylic acids is 3. The maximum absolute atomic E-state index is 14.1. The van der Waals surface area contributed by atoms with Crippen molar-refractivity contribution in [3.05, 3.63) is 65.1 Å². The first kappa shape index (κ1) is 39.5. The molecule has 3 heterocycles. The van der Waals surface area contributed by atoms with E-state index < -0.39 is 29.4 Å². The predicted octanol–water partition coefficient (Wildman–Crippen LogP) is 5.62. The number of aromatic nitrogens is 4. The van der Waals surface area contributed by atoms with Crippen LogP contribution in [0.25, 0.3) is 16.1 Å². The zero-order valence-corrected chi connectivity index (χ0v) is 33.0. The molecule has 12 nitrogen and oxygen atoms in total. The molecule has 4 aromatic rings. The first-order valence-corrected chi connectivity index (χ1v) is 20.4. The van der Waals surface area contributed by atoms with Crippen molar-refractivity contribution in [3.8, 4) is 10.4 Å². The Bertz CT molecular complexity index is 1900. The summed E-state index contributed by atoms with van der Waals surface area (Å²) < 4.78 is 1.84. The van der Waals surface area contributed by atoms with E-state index in [9.17, 15) is 19.5 Å². The number of Topliss-reactive ketones (excluding diaryl/α,β-unsaturated/α-hetero) is 1. The van der Waals surface area contributed by atoms with Crippen molar-refractivity contribution in [1.82, 2.24) is 35.5 Å². The van der Waals surface area contributed by atoms with Gasteiger partial charge in [-0.2, -0.15) is 9.61 Å². The topological polar surface area (TPSA) is 163 Å². The summed E-state index contributed by atoms with van der Waals surface area (Å²) in [5, 5.41) is 28.4. The quantitative estimate of drug-likeness (QED) is 0.0914. The second-order valence-corrected chi connectivity index (χ2v) is 17.0. The van der Waals surface area contributed by atoms with Crippen LogP contribution in [0.1, 0.15) is 96.0 Å². The third-order valence-electron chi connectivity index (χ3n) is 10.8. The van der Waals surface area contributed by atoms with Crippen LogP contribution in [0, 0.1) is 24.2 Å². The van der Waals surface area contributed by atoms with Gasteiger partial charge in [0.05, 0.1) is 40.3 Å². The summed E-state index contributed by atoms with van der Waals surface area (Å²) >= 11 is 1.60. The lowest BCUT2D eigenvalue weighted by atomic mass is 9.77. The van der Waals surface area contributed by atoms with Gasteiger partial charge in [-0.15, -0.1) is 11.3 Å². The largest absolute Gasteiger partial charge is 0.393 e. The van der Waals surface area contributed by atoms with Gasteiger partial charge in [0.2, 0.25) is 11.8 Å². The van der Waals surface area contributed by atoms with Gasteiger partial charge >= 0.3 is 0 Å². The number of hydrogen-bond acceptors (Lipinski definition) is 10. The number of anilines is 1. The van der Waals surface area contributed by atoms with Gasteiger partial charge < -0.3 is 26.4 Å². The number of thiazole rings is 1. The summed E-state index contributed by atoms with van der Waals surface area (Å²) in [4.78, 5) is 50.7. The maximum Gasteiger partial charge on any atom is 0.224 e. The number of aliphatic hydroxyl groups is 1. The van der Waals surface area contributed by atoms with E-state index in [1.54, 1.807) is 17.5 Å². The summed E-state index contributed by atoms with van der Waals surface area (Å²) in [6, 6.07) is 11.8. The molecular weight excluding hydrogens is 701 g/mol. The number of rotatable bonds is 16. The van der Waals surface area contributed by atoms with E-state index in [0.29, 0.717) is 25.9 Å². The number of benzene rings is 1. The number of fused-ring (bicyclic) bond motifs is 1. The number of aryl methyl sites for hydroxylation is 2. The Balaban J connectivity index is 0.958. The zero-order chi connectivity index (χ0) is 38.4. The predicted molar refractivity (Wildman–Crippen MR) is 212 cm³/mol. The number of ketones is 1. The minimum atomic E-state index is -0.707. The molecule has 0 spiro atoms. The van der Waals surface area contributed by atoms with E-state index in [2.05, 4.69) is 44.3 Å². The average Bonchev–Trinajstić information content (AvgIpc) is 3.95. The first-order valence-electron chi connectivity index (χ1n) is 19.5. The van der Waals surface area contributed by atoms with Crippen LogP contribution in [0.3, 0.4) is 0 Å². The Hall–Kier alpha value is -4.20. The van der Waals surface area contributed by atoms with E-state index in [1.165, 1.54) is 0 Å². The fourth-order valence-electron chi connectivity index (χ4n) is 8.04. The van der Waals surface area contributed by atoms with Crippen LogP contribution in [0.4, 0.5) is 5.82 Å². The minimum absolute atomic E-state index is 0.00799. The first-order chi connectivity index (χ1) is 25.9. The number of nitrogens with one attached hydrogen (secondary N) is 4. The third kappa shape index (κ3) is 9.72. The number of amides is 2. The van der Waals surface area contributed by atoms with Crippen molar-refractivity contribution in [2.75, 3.05) is 11.9 Å². The van der Waals surface area contributed by atoms with Gasteiger partial charge in [0, 0.05) is 48.8 Å². The molecule has 2 saturated carbocycles. The summed E-state index contributed by atoms with van der Waals surface area (Å²) in [5.41, 5.74) is 6.33. The molecule has 0 saturated heterocycles. The van der Waals surface area contributed by atoms with Crippen LogP contribution in [0.15, 0.2) is 48.1 Å². The molecule has 1 aromatic carbocycles. The number of aliphatic hydroxyl groups excluding tert-OH is 1. The van der Waals surface area contributed by atoms with Gasteiger partial charge in [0.15, 0.2) is 11.4 Å². The molecule has 2 unspecified atom stereocenters. The van der Waals surface area contributed by atoms with Gasteiger partial charge in [-0.1, -0.05) is 58.4 Å². The lowest BCUT2D eigenvalue weighted by Crippen LogP contribution is -2.51. The molecule has 0 bridgehead atoms. The molecule has 5 N–H and O–H groups in total. The molecule has 3 aromatic heterocycles. The molecule has 6 atom stereocenters. The van der Waals surface area contributed by atoms with E-state index in [1.807, 2.05) is 68.1 Å². The van der Waals surface area contributed by atoms with Crippen molar-refractivity contribution < 1.29 is 19.5 Å². The Morgan fingerprint density at radius 3 is 2.52 bits per heavy atom. The Labute approximate surface area is 322 Å². The highest BCUT2D eigenvalue weighted by atomic mass is 32.1. The minimum Gasteiger partial charge on any atom is -0.393 e. The summed E-state index contributed by atoms with van der Waals surface area (Å²) in [6.07, 6.45) is 7.12. The van der Waals surface area contributed by atoms with Crippen molar-refractivity contribution in [1.29, 1.82) is 0 Å². The molecule has 290 valence electrons. The highest BCUT2D eigenvalue weighted by molar-refractivity contribution is 7.13. The highest BCUT2D eigenvalue weighted by Crippen LogP contribution is 2.37. The van der Waals surface area contributed by atoms with E-state index in [4.69, 9.17) is 4.98 Å². The summed E-state index contributed by atoms with van der Waals surface area (Å²) in [5.74, 6) is -0.513. The second-order valence-electron chi connectivity index (χ2n) is 16.2. The number of carbonyl (C=O) groups is 3. The van der Waals surface area contributed by atoms with Crippen molar-refractivity contribution in [2.45, 2.75) is 123 Å². The Morgan fingerprint density at radius 1 is 1.04 bits per heavy atom. The smallest absolute Gasteiger partial charge is 0.224 e. The summed E-state index contributed by atoms with van der Waals surface area (Å²) in [7, 11) is 0. The maximum atomic E-state index is 14.1. The molecule has 13 heteroatoms. The Morgan fingerprint density at radius 2 is 1.80 bits per heavy atom. The van der Waals surface area contributed by atoms with Gasteiger partial charge in [0.1, 0.15) is 5.82 Å². The Kier molecular flexibility index (Phi) is 12.8. The van der Waals surface area contributed by atoms with Crippen LogP contribution >= 0.6 is 11.3 Å². The molecular formula is C41H56N8O4S. The molecule has 2 fully saturated rings. The van der Waals surface area contributed by atoms with Crippen LogP contribution in [0.2, 0.25) is 0 Å². The SMILES string of the molecule is CCCc1cc(N[C@@H]2CCC(NC(=O)CCCN[C@H](C(=O)C3C[C@H](O)C[C@H]3C(=O)NCc3ccc(-c4scnc4C)cc3)C(C)(C)C)C2)n2nccc2n1. The molecule has 0 aliphatic heterocycles. The molecule has 54 heavy (non-hydrogen) atoms. The second kappa shape index (κ2) is 17.5. The summed E-state index contributed by atoms with van der Waals surface area (Å²) in [6.45, 7) is 11.0. The third-order valence-corrected chi connectivity index (χ3v) is 11.8. The molecule has 0 radical (unpaired) electrons. The number of nitrogens with zero attached hydrogens (tertiary/aromatic N) is 4. The van der Waals surface area contributed by atoms with Crippen molar-refractivity contribution in [2.24, 2.45) is 17.3 Å². The van der Waals surface area contributed by atoms with Gasteiger partial charge in [-0.05, 0) is 75.0 Å². The van der Waals surface area contributed by atoms with Gasteiger partial charge in [-0.25, -0.2) is 9.97 Å². The van der Waals surface area contributed by atoms with Crippen LogP contribution in [-0.2, 0) is 27.3 Å². The molecule has 2 aliphatic rings. The average molecular weight is 757 g/mol. The van der Waals surface area contributed by atoms with Crippen LogP contribution < -0.4 is 21.3 Å². The van der Waals surface area contributed by atoms with Crippen molar-refractivity contribution >= 4 is 40.4 Å². The van der Waals surface area contributed by atoms with Crippen LogP contribution in [-0.4, -0.2) is 73.1 Å². The van der Waals surface area contributed by atoms with Crippen molar-refractivity contribution in [3.63, 3.8) is 0 Å². The van der Waals surface area contributed by atoms with Crippen LogP contribution in [0.5, 0.6) is 0 Å². The molecule has 6 rings (SSSR count). The van der Waals surface area contributed by atoms with E-state index >= 15 is 0 Å². The van der Waals surface area contributed by atoms with E-state index in [0.717, 1.165) is 71.0 Å². The monoisotopic (exact) mass is 756 g/mol.